The fourth-order valence-corrected chi connectivity index (χ4v) is 2.69. The third-order valence-electron chi connectivity index (χ3n) is 2.03. The van der Waals surface area contributed by atoms with Gasteiger partial charge in [0.05, 0.1) is 0 Å². The van der Waals surface area contributed by atoms with E-state index in [9.17, 15) is 0 Å². The summed E-state index contributed by atoms with van der Waals surface area (Å²) in [5.74, 6) is 0. The molecule has 0 saturated carbocycles. The minimum absolute atomic E-state index is 0.239. The Morgan fingerprint density at radius 1 is 1.53 bits per heavy atom. The van der Waals surface area contributed by atoms with Gasteiger partial charge in [0, 0.05) is 26.6 Å². The molecule has 1 atom stereocenters. The van der Waals surface area contributed by atoms with E-state index < -0.39 is 0 Å². The molecule has 0 heterocycles. The van der Waals surface area contributed by atoms with E-state index in [-0.39, 0.29) is 6.04 Å². The highest BCUT2D eigenvalue weighted by Crippen LogP contribution is 2.26. The zero-order chi connectivity index (χ0) is 11.4. The lowest BCUT2D eigenvalue weighted by Crippen LogP contribution is -2.20. The van der Waals surface area contributed by atoms with Crippen LogP contribution < -0.4 is 5.32 Å². The monoisotopic (exact) mass is 351 g/mol. The molecular formula is C11H12Br2ClN. The van der Waals surface area contributed by atoms with Gasteiger partial charge < -0.3 is 5.32 Å². The fourth-order valence-electron chi connectivity index (χ4n) is 1.23. The summed E-state index contributed by atoms with van der Waals surface area (Å²) in [5, 5.41) is 3.90. The molecule has 0 aliphatic carbocycles. The molecule has 0 fully saturated rings. The molecule has 0 saturated heterocycles. The maximum absolute atomic E-state index is 5.70. The standard InChI is InChI=1S/C11H12Br2ClN/c1-7(14)6-15-8(2)10-4-3-9(12)5-11(10)13/h3-5,8,15H,1,6H2,2H3. The van der Waals surface area contributed by atoms with Gasteiger partial charge in [-0.2, -0.15) is 0 Å². The van der Waals surface area contributed by atoms with Crippen molar-refractivity contribution in [3.05, 3.63) is 44.3 Å². The molecule has 15 heavy (non-hydrogen) atoms. The first-order chi connectivity index (χ1) is 7.00. The van der Waals surface area contributed by atoms with Crippen molar-refractivity contribution in [2.75, 3.05) is 6.54 Å². The van der Waals surface area contributed by atoms with Gasteiger partial charge in [-0.15, -0.1) is 0 Å². The first-order valence-corrected chi connectivity index (χ1v) is 6.48. The number of benzene rings is 1. The summed E-state index contributed by atoms with van der Waals surface area (Å²) in [7, 11) is 0. The van der Waals surface area contributed by atoms with Crippen LogP contribution in [0.2, 0.25) is 0 Å². The van der Waals surface area contributed by atoms with Crippen LogP contribution in [-0.2, 0) is 0 Å². The van der Waals surface area contributed by atoms with E-state index in [0.717, 1.165) is 8.95 Å². The van der Waals surface area contributed by atoms with Gasteiger partial charge in [0.25, 0.3) is 0 Å². The molecule has 0 aliphatic rings. The first kappa shape index (κ1) is 13.2. The summed E-state index contributed by atoms with van der Waals surface area (Å²) in [6.45, 7) is 6.35. The average Bonchev–Trinajstić information content (AvgIpc) is 2.14. The van der Waals surface area contributed by atoms with Crippen molar-refractivity contribution in [1.82, 2.24) is 5.32 Å². The molecule has 1 aromatic rings. The van der Waals surface area contributed by atoms with Gasteiger partial charge in [-0.3, -0.25) is 0 Å². The van der Waals surface area contributed by atoms with E-state index in [0.29, 0.717) is 11.6 Å². The zero-order valence-electron chi connectivity index (χ0n) is 8.36. The van der Waals surface area contributed by atoms with Crippen LogP contribution in [0, 0.1) is 0 Å². The Hall–Kier alpha value is 0.170. The van der Waals surface area contributed by atoms with Gasteiger partial charge in [0.15, 0.2) is 0 Å². The molecular weight excluding hydrogens is 341 g/mol. The number of rotatable bonds is 4. The van der Waals surface area contributed by atoms with Crippen molar-refractivity contribution < 1.29 is 0 Å². The molecule has 0 aliphatic heterocycles. The SMILES string of the molecule is C=C(Cl)CNC(C)c1ccc(Br)cc1Br. The summed E-state index contributed by atoms with van der Waals surface area (Å²) in [6.07, 6.45) is 0. The van der Waals surface area contributed by atoms with Crippen LogP contribution in [0.1, 0.15) is 18.5 Å². The molecule has 1 aromatic carbocycles. The van der Waals surface area contributed by atoms with Crippen molar-refractivity contribution >= 4 is 43.5 Å². The van der Waals surface area contributed by atoms with Crippen molar-refractivity contribution in [2.24, 2.45) is 0 Å². The van der Waals surface area contributed by atoms with E-state index in [4.69, 9.17) is 11.6 Å². The molecule has 1 nitrogen and oxygen atoms in total. The predicted octanol–water partition coefficient (Wildman–Crippen LogP) is 4.61. The Bertz CT molecular complexity index is 366. The van der Waals surface area contributed by atoms with Crippen LogP contribution in [0.15, 0.2) is 38.8 Å². The van der Waals surface area contributed by atoms with Crippen molar-refractivity contribution in [1.29, 1.82) is 0 Å². The van der Waals surface area contributed by atoms with E-state index in [2.05, 4.69) is 56.7 Å². The molecule has 1 rings (SSSR count). The van der Waals surface area contributed by atoms with Crippen molar-refractivity contribution in [3.63, 3.8) is 0 Å². The molecule has 82 valence electrons. The topological polar surface area (TPSA) is 12.0 Å². The Kier molecular flexibility index (Phi) is 5.33. The Balaban J connectivity index is 2.73. The lowest BCUT2D eigenvalue weighted by molar-refractivity contribution is 0.612. The molecule has 1 unspecified atom stereocenters. The molecule has 0 aromatic heterocycles. The quantitative estimate of drug-likeness (QED) is 0.833. The van der Waals surface area contributed by atoms with Gasteiger partial charge in [0.1, 0.15) is 0 Å². The first-order valence-electron chi connectivity index (χ1n) is 4.52. The second-order valence-electron chi connectivity index (χ2n) is 3.29. The number of hydrogen-bond acceptors (Lipinski definition) is 1. The van der Waals surface area contributed by atoms with Crippen LogP contribution >= 0.6 is 43.5 Å². The van der Waals surface area contributed by atoms with Gasteiger partial charge in [0.2, 0.25) is 0 Å². The Labute approximate surface area is 112 Å². The molecule has 1 N–H and O–H groups in total. The van der Waals surface area contributed by atoms with E-state index in [1.807, 2.05) is 12.1 Å². The van der Waals surface area contributed by atoms with Gasteiger partial charge >= 0.3 is 0 Å². The second-order valence-corrected chi connectivity index (χ2v) is 5.59. The summed E-state index contributed by atoms with van der Waals surface area (Å²) < 4.78 is 2.14. The lowest BCUT2D eigenvalue weighted by Gasteiger charge is -2.15. The van der Waals surface area contributed by atoms with E-state index in [1.165, 1.54) is 5.56 Å². The van der Waals surface area contributed by atoms with Crippen LogP contribution in [0.25, 0.3) is 0 Å². The molecule has 0 spiro atoms. The highest BCUT2D eigenvalue weighted by Gasteiger charge is 2.08. The maximum atomic E-state index is 5.70. The molecule has 0 amide bonds. The van der Waals surface area contributed by atoms with Crippen LogP contribution in [-0.4, -0.2) is 6.54 Å². The van der Waals surface area contributed by atoms with Gasteiger partial charge in [-0.25, -0.2) is 0 Å². The molecule has 0 bridgehead atoms. The summed E-state index contributed by atoms with van der Waals surface area (Å²) in [5.41, 5.74) is 1.20. The average molecular weight is 353 g/mol. The van der Waals surface area contributed by atoms with Crippen molar-refractivity contribution in [2.45, 2.75) is 13.0 Å². The van der Waals surface area contributed by atoms with E-state index >= 15 is 0 Å². The highest BCUT2D eigenvalue weighted by atomic mass is 79.9. The number of halogens is 3. The third kappa shape index (κ3) is 4.27. The number of nitrogens with one attached hydrogen (secondary N) is 1. The summed E-state index contributed by atoms with van der Waals surface area (Å²) in [6, 6.07) is 6.36. The molecule has 4 heteroatoms. The van der Waals surface area contributed by atoms with Crippen LogP contribution in [0.4, 0.5) is 0 Å². The predicted molar refractivity (Wildman–Crippen MR) is 73.3 cm³/mol. The fraction of sp³-hybridized carbons (Fsp3) is 0.273. The maximum Gasteiger partial charge on any atom is 0.0313 e. The van der Waals surface area contributed by atoms with Crippen molar-refractivity contribution in [3.8, 4) is 0 Å². The normalized spacial score (nSPS) is 12.5. The number of hydrogen-bond donors (Lipinski definition) is 1. The minimum atomic E-state index is 0.239. The van der Waals surface area contributed by atoms with E-state index in [1.54, 1.807) is 0 Å². The smallest absolute Gasteiger partial charge is 0.0313 e. The van der Waals surface area contributed by atoms with Gasteiger partial charge in [-0.1, -0.05) is 56.1 Å². The largest absolute Gasteiger partial charge is 0.305 e. The molecule has 0 radical (unpaired) electrons. The lowest BCUT2D eigenvalue weighted by atomic mass is 10.1. The third-order valence-corrected chi connectivity index (χ3v) is 3.34. The zero-order valence-corrected chi connectivity index (χ0v) is 12.3. The highest BCUT2D eigenvalue weighted by molar-refractivity contribution is 9.11. The Morgan fingerprint density at radius 3 is 2.73 bits per heavy atom. The van der Waals surface area contributed by atoms with Crippen LogP contribution in [0.5, 0.6) is 0 Å². The summed E-state index contributed by atoms with van der Waals surface area (Å²) in [4.78, 5) is 0. The van der Waals surface area contributed by atoms with Crippen LogP contribution in [0.3, 0.4) is 0 Å². The minimum Gasteiger partial charge on any atom is -0.305 e. The second kappa shape index (κ2) is 6.04. The Morgan fingerprint density at radius 2 is 2.20 bits per heavy atom. The summed E-state index contributed by atoms with van der Waals surface area (Å²) >= 11 is 12.6. The van der Waals surface area contributed by atoms with Gasteiger partial charge in [-0.05, 0) is 24.6 Å².